The molecule has 132 valence electrons. The second kappa shape index (κ2) is 6.62. The number of aromatic nitrogens is 3. The Bertz CT molecular complexity index is 1090. The standard InChI is InChI=1S/C15H15FN4O3S2/c1-3-12-19-20-14(21)13(9(2)18-15(20)24-12)25(22,23)17-8-10-4-6-11(16)7-5-10/h4-7,17H,3,8H2,1-2H3. The van der Waals surface area contributed by atoms with Crippen LogP contribution in [0, 0.1) is 12.7 Å². The number of hydrogen-bond acceptors (Lipinski definition) is 6. The maximum atomic E-state index is 12.9. The maximum absolute atomic E-state index is 12.9. The zero-order valence-electron chi connectivity index (χ0n) is 13.5. The summed E-state index contributed by atoms with van der Waals surface area (Å²) in [4.78, 5) is 16.7. The van der Waals surface area contributed by atoms with Crippen LogP contribution in [0.4, 0.5) is 4.39 Å². The Balaban J connectivity index is 1.98. The van der Waals surface area contributed by atoms with Crippen LogP contribution in [-0.2, 0) is 23.0 Å². The third-order valence-electron chi connectivity index (χ3n) is 3.53. The Morgan fingerprint density at radius 1 is 1.28 bits per heavy atom. The molecule has 0 aliphatic carbocycles. The fraction of sp³-hybridized carbons (Fsp3) is 0.267. The largest absolute Gasteiger partial charge is 0.295 e. The summed E-state index contributed by atoms with van der Waals surface area (Å²) in [7, 11) is -4.09. The smallest absolute Gasteiger partial charge is 0.266 e. The molecule has 0 spiro atoms. The highest BCUT2D eigenvalue weighted by Gasteiger charge is 2.25. The van der Waals surface area contributed by atoms with Gasteiger partial charge in [-0.2, -0.15) is 9.61 Å². The quantitative estimate of drug-likeness (QED) is 0.724. The topological polar surface area (TPSA) is 93.4 Å². The first kappa shape index (κ1) is 17.6. The minimum Gasteiger partial charge on any atom is -0.266 e. The molecule has 0 saturated heterocycles. The molecule has 0 bridgehead atoms. The number of halogens is 1. The van der Waals surface area contributed by atoms with Crippen LogP contribution in [0.25, 0.3) is 4.96 Å². The van der Waals surface area contributed by atoms with E-state index >= 15 is 0 Å². The first-order chi connectivity index (χ1) is 11.8. The average molecular weight is 382 g/mol. The van der Waals surface area contributed by atoms with Crippen molar-refractivity contribution in [2.75, 3.05) is 0 Å². The molecule has 1 aromatic carbocycles. The molecule has 2 aromatic heterocycles. The van der Waals surface area contributed by atoms with E-state index in [1.807, 2.05) is 6.92 Å². The summed E-state index contributed by atoms with van der Waals surface area (Å²) < 4.78 is 41.4. The lowest BCUT2D eigenvalue weighted by atomic mass is 10.2. The molecule has 0 unspecified atom stereocenters. The van der Waals surface area contributed by atoms with Crippen molar-refractivity contribution in [3.63, 3.8) is 0 Å². The van der Waals surface area contributed by atoms with Crippen molar-refractivity contribution in [1.29, 1.82) is 0 Å². The third-order valence-corrected chi connectivity index (χ3v) is 6.12. The summed E-state index contributed by atoms with van der Waals surface area (Å²) in [5.74, 6) is -0.411. The molecule has 0 aliphatic rings. The van der Waals surface area contributed by atoms with E-state index in [0.29, 0.717) is 22.0 Å². The van der Waals surface area contributed by atoms with Crippen molar-refractivity contribution in [2.45, 2.75) is 31.7 Å². The molecule has 1 N–H and O–H groups in total. The van der Waals surface area contributed by atoms with Crippen molar-refractivity contribution < 1.29 is 12.8 Å². The van der Waals surface area contributed by atoms with Crippen LogP contribution < -0.4 is 10.3 Å². The van der Waals surface area contributed by atoms with Crippen molar-refractivity contribution in [1.82, 2.24) is 19.3 Å². The normalized spacial score (nSPS) is 12.0. The second-order valence-corrected chi connectivity index (χ2v) is 8.07. The van der Waals surface area contributed by atoms with Gasteiger partial charge in [-0.3, -0.25) is 4.79 Å². The van der Waals surface area contributed by atoms with E-state index in [1.165, 1.54) is 42.5 Å². The highest BCUT2D eigenvalue weighted by molar-refractivity contribution is 7.89. The Hall–Kier alpha value is -2.17. The molecule has 25 heavy (non-hydrogen) atoms. The zero-order chi connectivity index (χ0) is 18.2. The van der Waals surface area contributed by atoms with Gasteiger partial charge in [0.2, 0.25) is 15.0 Å². The van der Waals surface area contributed by atoms with E-state index in [1.54, 1.807) is 0 Å². The summed E-state index contributed by atoms with van der Waals surface area (Å²) >= 11 is 1.25. The van der Waals surface area contributed by atoms with Gasteiger partial charge in [-0.15, -0.1) is 0 Å². The Morgan fingerprint density at radius 2 is 1.96 bits per heavy atom. The van der Waals surface area contributed by atoms with Crippen LogP contribution in [0.5, 0.6) is 0 Å². The number of hydrogen-bond donors (Lipinski definition) is 1. The highest BCUT2D eigenvalue weighted by atomic mass is 32.2. The Kier molecular flexibility index (Phi) is 4.67. The van der Waals surface area contributed by atoms with Crippen LogP contribution in [-0.4, -0.2) is 23.0 Å². The van der Waals surface area contributed by atoms with Gasteiger partial charge in [0.25, 0.3) is 5.56 Å². The first-order valence-corrected chi connectivity index (χ1v) is 9.75. The van der Waals surface area contributed by atoms with Gasteiger partial charge in [0.15, 0.2) is 4.90 Å². The molecule has 7 nitrogen and oxygen atoms in total. The zero-order valence-corrected chi connectivity index (χ0v) is 15.1. The van der Waals surface area contributed by atoms with Crippen molar-refractivity contribution in [2.24, 2.45) is 0 Å². The summed E-state index contributed by atoms with van der Waals surface area (Å²) in [5.41, 5.74) is -0.0494. The van der Waals surface area contributed by atoms with Crippen LogP contribution in [0.3, 0.4) is 0 Å². The molecule has 0 atom stereocenters. The fourth-order valence-corrected chi connectivity index (χ4v) is 4.40. The highest BCUT2D eigenvalue weighted by Crippen LogP contribution is 2.16. The Morgan fingerprint density at radius 3 is 2.60 bits per heavy atom. The number of benzene rings is 1. The number of nitrogens with one attached hydrogen (secondary N) is 1. The van der Waals surface area contributed by atoms with E-state index in [4.69, 9.17) is 0 Å². The average Bonchev–Trinajstić information content (AvgIpc) is 2.97. The molecule has 0 aliphatic heterocycles. The van der Waals surface area contributed by atoms with Crippen molar-refractivity contribution in [3.05, 3.63) is 56.7 Å². The molecule has 3 rings (SSSR count). The molecular formula is C15H15FN4O3S2. The number of aryl methyl sites for hydroxylation is 2. The summed E-state index contributed by atoms with van der Waals surface area (Å²) in [6.45, 7) is 3.29. The minimum atomic E-state index is -4.09. The van der Waals surface area contributed by atoms with Gasteiger partial charge in [0, 0.05) is 6.54 Å². The molecule has 3 aromatic rings. The SMILES string of the molecule is CCc1nn2c(=O)c(S(=O)(=O)NCc3ccc(F)cc3)c(C)nc2s1. The summed E-state index contributed by atoms with van der Waals surface area (Å²) in [6, 6.07) is 5.40. The molecule has 0 amide bonds. The maximum Gasteiger partial charge on any atom is 0.295 e. The van der Waals surface area contributed by atoms with E-state index in [9.17, 15) is 17.6 Å². The monoisotopic (exact) mass is 382 g/mol. The molecule has 2 heterocycles. The minimum absolute atomic E-state index is 0.0680. The van der Waals surface area contributed by atoms with Crippen LogP contribution in [0.15, 0.2) is 34.0 Å². The van der Waals surface area contributed by atoms with Gasteiger partial charge in [-0.1, -0.05) is 30.4 Å². The van der Waals surface area contributed by atoms with Crippen molar-refractivity contribution >= 4 is 26.3 Å². The van der Waals surface area contributed by atoms with Crippen LogP contribution in [0.1, 0.15) is 23.2 Å². The van der Waals surface area contributed by atoms with Gasteiger partial charge in [0.1, 0.15) is 10.8 Å². The number of rotatable bonds is 5. The summed E-state index contributed by atoms with van der Waals surface area (Å²) in [5, 5.41) is 4.79. The lowest BCUT2D eigenvalue weighted by Gasteiger charge is -2.08. The van der Waals surface area contributed by atoms with E-state index in [0.717, 1.165) is 4.52 Å². The Labute approximate surface area is 147 Å². The summed E-state index contributed by atoms with van der Waals surface area (Å²) in [6.07, 6.45) is 0.622. The number of sulfonamides is 1. The van der Waals surface area contributed by atoms with Crippen LogP contribution in [0.2, 0.25) is 0 Å². The second-order valence-electron chi connectivity index (χ2n) is 5.33. The molecule has 0 saturated carbocycles. The van der Waals surface area contributed by atoms with E-state index in [2.05, 4.69) is 14.8 Å². The molecule has 10 heteroatoms. The van der Waals surface area contributed by atoms with Gasteiger partial charge < -0.3 is 0 Å². The lowest BCUT2D eigenvalue weighted by molar-refractivity contribution is 0.577. The van der Waals surface area contributed by atoms with Gasteiger partial charge >= 0.3 is 0 Å². The van der Waals surface area contributed by atoms with Gasteiger partial charge in [0.05, 0.1) is 5.69 Å². The predicted octanol–water partition coefficient (Wildman–Crippen LogP) is 1.64. The lowest BCUT2D eigenvalue weighted by Crippen LogP contribution is -2.32. The number of fused-ring (bicyclic) bond motifs is 1. The third kappa shape index (κ3) is 3.46. The fourth-order valence-electron chi connectivity index (χ4n) is 2.28. The first-order valence-electron chi connectivity index (χ1n) is 7.45. The van der Waals surface area contributed by atoms with Gasteiger partial charge in [-0.05, 0) is 31.0 Å². The predicted molar refractivity (Wildman–Crippen MR) is 91.7 cm³/mol. The molecule has 0 radical (unpaired) electrons. The van der Waals surface area contributed by atoms with E-state index in [-0.39, 0.29) is 12.2 Å². The van der Waals surface area contributed by atoms with E-state index < -0.39 is 26.3 Å². The number of nitrogens with zero attached hydrogens (tertiary/aromatic N) is 3. The van der Waals surface area contributed by atoms with Gasteiger partial charge in [-0.25, -0.2) is 22.5 Å². The molecular weight excluding hydrogens is 367 g/mol. The molecule has 0 fully saturated rings. The van der Waals surface area contributed by atoms with Crippen molar-refractivity contribution in [3.8, 4) is 0 Å². The van der Waals surface area contributed by atoms with Crippen LogP contribution >= 0.6 is 11.3 Å².